The summed E-state index contributed by atoms with van der Waals surface area (Å²) in [6, 6.07) is 4.15. The SMILES string of the molecule is CCc1cc(Br)c(OC)c(CC(C)O)c1. The van der Waals surface area contributed by atoms with Gasteiger partial charge in [-0.1, -0.05) is 13.0 Å². The highest BCUT2D eigenvalue weighted by Crippen LogP contribution is 2.31. The van der Waals surface area contributed by atoms with Gasteiger partial charge >= 0.3 is 0 Å². The molecule has 0 bridgehead atoms. The second-order valence-corrected chi connectivity index (χ2v) is 4.53. The number of hydrogen-bond acceptors (Lipinski definition) is 2. The first-order chi connectivity index (χ1) is 7.08. The number of methoxy groups -OCH3 is 1. The van der Waals surface area contributed by atoms with E-state index in [1.807, 2.05) is 0 Å². The molecule has 1 atom stereocenters. The summed E-state index contributed by atoms with van der Waals surface area (Å²) < 4.78 is 6.28. The molecule has 1 aromatic carbocycles. The zero-order valence-corrected chi connectivity index (χ0v) is 11.0. The number of hydrogen-bond donors (Lipinski definition) is 1. The van der Waals surface area contributed by atoms with Gasteiger partial charge in [0, 0.05) is 6.42 Å². The van der Waals surface area contributed by atoms with Crippen molar-refractivity contribution in [3.8, 4) is 5.75 Å². The topological polar surface area (TPSA) is 29.5 Å². The largest absolute Gasteiger partial charge is 0.495 e. The molecule has 0 aliphatic carbocycles. The van der Waals surface area contributed by atoms with Gasteiger partial charge in [0.25, 0.3) is 0 Å². The summed E-state index contributed by atoms with van der Waals surface area (Å²) in [5.74, 6) is 0.827. The average molecular weight is 273 g/mol. The van der Waals surface area contributed by atoms with Crippen LogP contribution >= 0.6 is 15.9 Å². The first kappa shape index (κ1) is 12.5. The van der Waals surface area contributed by atoms with E-state index in [1.165, 1.54) is 5.56 Å². The van der Waals surface area contributed by atoms with Gasteiger partial charge in [-0.05, 0) is 46.5 Å². The van der Waals surface area contributed by atoms with E-state index in [0.29, 0.717) is 6.42 Å². The van der Waals surface area contributed by atoms with Gasteiger partial charge in [-0.3, -0.25) is 0 Å². The van der Waals surface area contributed by atoms with E-state index in [1.54, 1.807) is 14.0 Å². The molecule has 0 saturated carbocycles. The Bertz CT molecular complexity index is 335. The molecule has 3 heteroatoms. The van der Waals surface area contributed by atoms with Crippen molar-refractivity contribution in [1.82, 2.24) is 0 Å². The molecule has 0 heterocycles. The fourth-order valence-electron chi connectivity index (χ4n) is 1.62. The molecule has 0 saturated heterocycles. The molecule has 2 nitrogen and oxygen atoms in total. The van der Waals surface area contributed by atoms with Crippen molar-refractivity contribution in [3.63, 3.8) is 0 Å². The van der Waals surface area contributed by atoms with E-state index < -0.39 is 0 Å². The zero-order chi connectivity index (χ0) is 11.4. The molecule has 1 aromatic rings. The number of benzene rings is 1. The van der Waals surface area contributed by atoms with Crippen LogP contribution in [0.5, 0.6) is 5.75 Å². The van der Waals surface area contributed by atoms with Gasteiger partial charge in [-0.25, -0.2) is 0 Å². The number of ether oxygens (including phenoxy) is 1. The van der Waals surface area contributed by atoms with Crippen LogP contribution in [0.1, 0.15) is 25.0 Å². The van der Waals surface area contributed by atoms with Crippen molar-refractivity contribution in [2.24, 2.45) is 0 Å². The standard InChI is InChI=1S/C12H17BrO2/c1-4-9-6-10(5-8(2)14)12(15-3)11(13)7-9/h6-8,14H,4-5H2,1-3H3. The van der Waals surface area contributed by atoms with Crippen molar-refractivity contribution < 1.29 is 9.84 Å². The van der Waals surface area contributed by atoms with E-state index in [4.69, 9.17) is 4.74 Å². The molecule has 0 aliphatic heterocycles. The molecule has 1 unspecified atom stereocenters. The van der Waals surface area contributed by atoms with Crippen LogP contribution in [0.4, 0.5) is 0 Å². The summed E-state index contributed by atoms with van der Waals surface area (Å²) in [5.41, 5.74) is 2.30. The monoisotopic (exact) mass is 272 g/mol. The minimum Gasteiger partial charge on any atom is -0.495 e. The molecule has 0 fully saturated rings. The van der Waals surface area contributed by atoms with Crippen molar-refractivity contribution in [2.75, 3.05) is 7.11 Å². The quantitative estimate of drug-likeness (QED) is 0.914. The first-order valence-electron chi connectivity index (χ1n) is 5.11. The minimum absolute atomic E-state index is 0.349. The molecule has 0 aromatic heterocycles. The molecule has 0 radical (unpaired) electrons. The van der Waals surface area contributed by atoms with Gasteiger partial charge in [-0.2, -0.15) is 0 Å². The Kier molecular flexibility index (Phi) is 4.61. The Balaban J connectivity index is 3.13. The van der Waals surface area contributed by atoms with E-state index in [2.05, 4.69) is 35.0 Å². The molecule has 0 aliphatic rings. The first-order valence-corrected chi connectivity index (χ1v) is 5.91. The third kappa shape index (κ3) is 3.21. The highest BCUT2D eigenvalue weighted by Gasteiger charge is 2.11. The third-order valence-electron chi connectivity index (χ3n) is 2.31. The van der Waals surface area contributed by atoms with Crippen molar-refractivity contribution in [1.29, 1.82) is 0 Å². The van der Waals surface area contributed by atoms with Crippen LogP contribution in [0.25, 0.3) is 0 Å². The molecule has 1 N–H and O–H groups in total. The lowest BCUT2D eigenvalue weighted by Crippen LogP contribution is -2.06. The zero-order valence-electron chi connectivity index (χ0n) is 9.38. The van der Waals surface area contributed by atoms with Gasteiger partial charge < -0.3 is 9.84 Å². The molecule has 0 spiro atoms. The van der Waals surface area contributed by atoms with E-state index >= 15 is 0 Å². The fourth-order valence-corrected chi connectivity index (χ4v) is 2.33. The van der Waals surface area contributed by atoms with Crippen LogP contribution in [-0.2, 0) is 12.8 Å². The Morgan fingerprint density at radius 2 is 2.13 bits per heavy atom. The summed E-state index contributed by atoms with van der Waals surface area (Å²) in [6.07, 6.45) is 1.25. The van der Waals surface area contributed by atoms with Gasteiger partial charge in [0.1, 0.15) is 5.75 Å². The summed E-state index contributed by atoms with van der Waals surface area (Å²) in [7, 11) is 1.65. The van der Waals surface area contributed by atoms with Crippen molar-refractivity contribution in [2.45, 2.75) is 32.8 Å². The Morgan fingerprint density at radius 1 is 1.47 bits per heavy atom. The number of halogens is 1. The molecule has 0 amide bonds. The summed E-state index contributed by atoms with van der Waals surface area (Å²) in [6.45, 7) is 3.90. The number of aryl methyl sites for hydroxylation is 1. The van der Waals surface area contributed by atoms with E-state index in [-0.39, 0.29) is 6.10 Å². The maximum absolute atomic E-state index is 9.41. The van der Waals surface area contributed by atoms with E-state index in [0.717, 1.165) is 22.2 Å². The predicted molar refractivity (Wildman–Crippen MR) is 65.5 cm³/mol. The Hall–Kier alpha value is -0.540. The lowest BCUT2D eigenvalue weighted by molar-refractivity contribution is 0.194. The Labute approximate surface area is 99.4 Å². The molecule has 1 rings (SSSR count). The average Bonchev–Trinajstić information content (AvgIpc) is 2.16. The normalized spacial score (nSPS) is 12.6. The van der Waals surface area contributed by atoms with E-state index in [9.17, 15) is 5.11 Å². The van der Waals surface area contributed by atoms with Crippen molar-refractivity contribution >= 4 is 15.9 Å². The number of rotatable bonds is 4. The molecule has 84 valence electrons. The lowest BCUT2D eigenvalue weighted by atomic mass is 10.0. The molecule has 15 heavy (non-hydrogen) atoms. The minimum atomic E-state index is -0.349. The van der Waals surface area contributed by atoms with Crippen LogP contribution in [0, 0.1) is 0 Å². The second kappa shape index (κ2) is 5.52. The number of aliphatic hydroxyl groups excluding tert-OH is 1. The number of aliphatic hydroxyl groups is 1. The smallest absolute Gasteiger partial charge is 0.136 e. The highest BCUT2D eigenvalue weighted by atomic mass is 79.9. The highest BCUT2D eigenvalue weighted by molar-refractivity contribution is 9.10. The van der Waals surface area contributed by atoms with Crippen LogP contribution < -0.4 is 4.74 Å². The van der Waals surface area contributed by atoms with Crippen LogP contribution in [-0.4, -0.2) is 18.3 Å². The maximum atomic E-state index is 9.41. The maximum Gasteiger partial charge on any atom is 0.136 e. The summed E-state index contributed by atoms with van der Waals surface area (Å²) >= 11 is 3.48. The van der Waals surface area contributed by atoms with Crippen LogP contribution in [0.15, 0.2) is 16.6 Å². The summed E-state index contributed by atoms with van der Waals surface area (Å²) in [5, 5.41) is 9.41. The third-order valence-corrected chi connectivity index (χ3v) is 2.90. The van der Waals surface area contributed by atoms with Gasteiger partial charge in [0.15, 0.2) is 0 Å². The molecular formula is C12H17BrO2. The molecular weight excluding hydrogens is 256 g/mol. The van der Waals surface area contributed by atoms with Gasteiger partial charge in [0.05, 0.1) is 17.7 Å². The fraction of sp³-hybridized carbons (Fsp3) is 0.500. The van der Waals surface area contributed by atoms with Crippen LogP contribution in [0.2, 0.25) is 0 Å². The van der Waals surface area contributed by atoms with Crippen LogP contribution in [0.3, 0.4) is 0 Å². The Morgan fingerprint density at radius 3 is 2.60 bits per heavy atom. The lowest BCUT2D eigenvalue weighted by Gasteiger charge is -2.13. The second-order valence-electron chi connectivity index (χ2n) is 3.68. The summed E-state index contributed by atoms with van der Waals surface area (Å²) in [4.78, 5) is 0. The van der Waals surface area contributed by atoms with Crippen molar-refractivity contribution in [3.05, 3.63) is 27.7 Å². The predicted octanol–water partition coefficient (Wildman–Crippen LogP) is 2.94. The van der Waals surface area contributed by atoms with Gasteiger partial charge in [-0.15, -0.1) is 0 Å². The van der Waals surface area contributed by atoms with Gasteiger partial charge in [0.2, 0.25) is 0 Å².